The zero-order valence-corrected chi connectivity index (χ0v) is 13.7. The van der Waals surface area contributed by atoms with Gasteiger partial charge in [-0.05, 0) is 18.2 Å². The number of piperidine rings is 1. The number of carbonyl (C=O) groups excluding carboxylic acids is 1. The van der Waals surface area contributed by atoms with Crippen LogP contribution in [0, 0.1) is 5.82 Å². The predicted octanol–water partition coefficient (Wildman–Crippen LogP) is 3.76. The van der Waals surface area contributed by atoms with Crippen LogP contribution < -0.4 is 10.1 Å². The molecular formula is C19H19FN2O3. The van der Waals surface area contributed by atoms with Gasteiger partial charge in [0.25, 0.3) is 0 Å². The average molecular weight is 342 g/mol. The van der Waals surface area contributed by atoms with Crippen molar-refractivity contribution in [2.75, 3.05) is 18.4 Å². The summed E-state index contributed by atoms with van der Waals surface area (Å²) in [5, 5.41) is 2.62. The van der Waals surface area contributed by atoms with E-state index >= 15 is 0 Å². The van der Waals surface area contributed by atoms with Crippen LogP contribution in [0.1, 0.15) is 18.4 Å². The van der Waals surface area contributed by atoms with E-state index in [0.29, 0.717) is 32.5 Å². The maximum Gasteiger partial charge on any atom is 0.321 e. The first-order chi connectivity index (χ1) is 12.2. The number of para-hydroxylation sites is 2. The molecule has 130 valence electrons. The molecule has 2 heterocycles. The molecule has 1 saturated heterocycles. The number of nitrogens with one attached hydrogen (secondary N) is 1. The number of likely N-dealkylation sites (tertiary alicyclic amines) is 1. The number of ether oxygens (including phenoxy) is 2. The van der Waals surface area contributed by atoms with Crippen molar-refractivity contribution in [3.05, 3.63) is 59.9 Å². The number of nitrogens with zero attached hydrogens (tertiary/aromatic N) is 1. The molecule has 1 spiro atoms. The second-order valence-electron chi connectivity index (χ2n) is 6.31. The van der Waals surface area contributed by atoms with Crippen molar-refractivity contribution < 1.29 is 18.7 Å². The Morgan fingerprint density at radius 2 is 1.80 bits per heavy atom. The zero-order chi connectivity index (χ0) is 17.3. The summed E-state index contributed by atoms with van der Waals surface area (Å²) in [6, 6.07) is 13.7. The van der Waals surface area contributed by atoms with Crippen LogP contribution in [0.25, 0.3) is 0 Å². The fraction of sp³-hybridized carbons (Fsp3) is 0.316. The van der Waals surface area contributed by atoms with Gasteiger partial charge in [-0.3, -0.25) is 0 Å². The van der Waals surface area contributed by atoms with Gasteiger partial charge in [0.15, 0.2) is 0 Å². The summed E-state index contributed by atoms with van der Waals surface area (Å²) in [5.41, 5.74) is 1.22. The van der Waals surface area contributed by atoms with E-state index in [2.05, 4.69) is 5.32 Å². The van der Waals surface area contributed by atoms with Gasteiger partial charge in [0.05, 0.1) is 12.3 Å². The average Bonchev–Trinajstić information content (AvgIpc) is 2.64. The number of hydrogen-bond acceptors (Lipinski definition) is 3. The number of urea groups is 1. The molecule has 0 saturated carbocycles. The van der Waals surface area contributed by atoms with E-state index in [4.69, 9.17) is 9.47 Å². The summed E-state index contributed by atoms with van der Waals surface area (Å²) in [6.45, 7) is 1.49. The molecular weight excluding hydrogens is 323 g/mol. The Kier molecular flexibility index (Phi) is 4.05. The van der Waals surface area contributed by atoms with E-state index in [0.717, 1.165) is 11.3 Å². The zero-order valence-electron chi connectivity index (χ0n) is 13.7. The van der Waals surface area contributed by atoms with Gasteiger partial charge < -0.3 is 19.7 Å². The summed E-state index contributed by atoms with van der Waals surface area (Å²) >= 11 is 0. The van der Waals surface area contributed by atoms with Crippen LogP contribution in [-0.2, 0) is 11.3 Å². The minimum absolute atomic E-state index is 0.187. The molecule has 0 aliphatic carbocycles. The van der Waals surface area contributed by atoms with Gasteiger partial charge in [-0.15, -0.1) is 0 Å². The number of rotatable bonds is 1. The number of benzene rings is 2. The molecule has 2 aliphatic rings. The van der Waals surface area contributed by atoms with Crippen molar-refractivity contribution >= 4 is 11.7 Å². The van der Waals surface area contributed by atoms with Crippen molar-refractivity contribution in [3.63, 3.8) is 0 Å². The van der Waals surface area contributed by atoms with Gasteiger partial charge in [0, 0.05) is 31.5 Å². The molecule has 2 aliphatic heterocycles. The predicted molar refractivity (Wildman–Crippen MR) is 90.8 cm³/mol. The maximum absolute atomic E-state index is 13.7. The first kappa shape index (κ1) is 15.9. The van der Waals surface area contributed by atoms with Crippen molar-refractivity contribution in [1.82, 2.24) is 4.90 Å². The fourth-order valence-corrected chi connectivity index (χ4v) is 3.22. The third-order valence-corrected chi connectivity index (χ3v) is 4.69. The van der Waals surface area contributed by atoms with Gasteiger partial charge in [0.1, 0.15) is 11.6 Å². The van der Waals surface area contributed by atoms with Crippen molar-refractivity contribution in [2.24, 2.45) is 0 Å². The molecule has 6 heteroatoms. The molecule has 1 N–H and O–H groups in total. The lowest BCUT2D eigenvalue weighted by molar-refractivity contribution is -0.225. The van der Waals surface area contributed by atoms with Crippen molar-refractivity contribution in [2.45, 2.75) is 25.2 Å². The molecule has 0 radical (unpaired) electrons. The van der Waals surface area contributed by atoms with E-state index in [1.54, 1.807) is 23.1 Å². The summed E-state index contributed by atoms with van der Waals surface area (Å²) in [4.78, 5) is 14.0. The van der Waals surface area contributed by atoms with E-state index in [9.17, 15) is 9.18 Å². The third-order valence-electron chi connectivity index (χ3n) is 4.69. The quantitative estimate of drug-likeness (QED) is 0.858. The van der Waals surface area contributed by atoms with Crippen LogP contribution in [0.3, 0.4) is 0 Å². The van der Waals surface area contributed by atoms with E-state index in [1.165, 1.54) is 6.07 Å². The number of halogens is 1. The number of fused-ring (bicyclic) bond motifs is 1. The Hall–Kier alpha value is -2.60. The summed E-state index contributed by atoms with van der Waals surface area (Å²) in [5.74, 6) is -0.277. The van der Waals surface area contributed by atoms with Gasteiger partial charge in [0.2, 0.25) is 5.79 Å². The highest BCUT2D eigenvalue weighted by molar-refractivity contribution is 5.89. The lowest BCUT2D eigenvalue weighted by Gasteiger charge is -2.43. The Labute approximate surface area is 145 Å². The fourth-order valence-electron chi connectivity index (χ4n) is 3.22. The van der Waals surface area contributed by atoms with Gasteiger partial charge in [-0.1, -0.05) is 30.3 Å². The summed E-state index contributed by atoms with van der Waals surface area (Å²) in [6.07, 6.45) is 1.15. The van der Waals surface area contributed by atoms with Crippen LogP contribution in [0.4, 0.5) is 14.9 Å². The van der Waals surface area contributed by atoms with Crippen LogP contribution in [0.2, 0.25) is 0 Å². The van der Waals surface area contributed by atoms with Crippen molar-refractivity contribution in [1.29, 1.82) is 0 Å². The highest BCUT2D eigenvalue weighted by Gasteiger charge is 2.41. The lowest BCUT2D eigenvalue weighted by Crippen LogP contribution is -2.53. The van der Waals surface area contributed by atoms with Crippen LogP contribution in [0.15, 0.2) is 48.5 Å². The molecule has 0 unspecified atom stereocenters. The van der Waals surface area contributed by atoms with E-state index in [1.807, 2.05) is 24.3 Å². The maximum atomic E-state index is 13.7. The topological polar surface area (TPSA) is 50.8 Å². The standard InChI is InChI=1S/C19H19FN2O3/c20-15-6-2-3-7-16(15)21-18(23)22-11-9-19(10-12-22)24-13-14-5-1-4-8-17(14)25-19/h1-8H,9-13H2,(H,21,23). The molecule has 25 heavy (non-hydrogen) atoms. The Balaban J connectivity index is 1.39. The number of hydrogen-bond donors (Lipinski definition) is 1. The lowest BCUT2D eigenvalue weighted by atomic mass is 10.0. The molecule has 1 fully saturated rings. The highest BCUT2D eigenvalue weighted by Crippen LogP contribution is 2.37. The Morgan fingerprint density at radius 3 is 2.60 bits per heavy atom. The smallest absolute Gasteiger partial charge is 0.321 e. The number of carbonyl (C=O) groups is 1. The molecule has 2 aromatic rings. The first-order valence-electron chi connectivity index (χ1n) is 8.37. The van der Waals surface area contributed by atoms with Gasteiger partial charge >= 0.3 is 6.03 Å². The van der Waals surface area contributed by atoms with Crippen molar-refractivity contribution in [3.8, 4) is 5.75 Å². The molecule has 2 amide bonds. The minimum Gasteiger partial charge on any atom is -0.462 e. The van der Waals surface area contributed by atoms with Crippen LogP contribution in [-0.4, -0.2) is 29.8 Å². The normalized spacial score (nSPS) is 18.4. The second-order valence-corrected chi connectivity index (χ2v) is 6.31. The number of anilines is 1. The molecule has 0 aromatic heterocycles. The third kappa shape index (κ3) is 3.17. The second kappa shape index (κ2) is 6.37. The monoisotopic (exact) mass is 342 g/mol. The molecule has 0 atom stereocenters. The van der Waals surface area contributed by atoms with E-state index in [-0.39, 0.29) is 11.7 Å². The summed E-state index contributed by atoms with van der Waals surface area (Å²) < 4.78 is 25.7. The van der Waals surface area contributed by atoms with Crippen LogP contribution in [0.5, 0.6) is 5.75 Å². The Morgan fingerprint density at radius 1 is 1.08 bits per heavy atom. The van der Waals surface area contributed by atoms with Gasteiger partial charge in [-0.2, -0.15) is 0 Å². The molecule has 0 bridgehead atoms. The largest absolute Gasteiger partial charge is 0.462 e. The first-order valence-corrected chi connectivity index (χ1v) is 8.37. The minimum atomic E-state index is -0.677. The van der Waals surface area contributed by atoms with E-state index < -0.39 is 11.6 Å². The van der Waals surface area contributed by atoms with Gasteiger partial charge in [-0.25, -0.2) is 9.18 Å². The molecule has 2 aromatic carbocycles. The molecule has 4 rings (SSSR count). The summed E-state index contributed by atoms with van der Waals surface area (Å²) in [7, 11) is 0. The number of amides is 2. The van der Waals surface area contributed by atoms with Crippen LogP contribution >= 0.6 is 0 Å². The Bertz CT molecular complexity index is 788. The SMILES string of the molecule is O=C(Nc1ccccc1F)N1CCC2(CC1)OCc1ccccc1O2. The highest BCUT2D eigenvalue weighted by atomic mass is 19.1. The molecule has 5 nitrogen and oxygen atoms in total.